The zero-order valence-electron chi connectivity index (χ0n) is 22.9. The van der Waals surface area contributed by atoms with Crippen molar-refractivity contribution in [1.82, 2.24) is 4.98 Å². The lowest BCUT2D eigenvalue weighted by Crippen LogP contribution is -2.35. The van der Waals surface area contributed by atoms with Crippen molar-refractivity contribution < 1.29 is 23.7 Å². The Morgan fingerprint density at radius 3 is 2.31 bits per heavy atom. The van der Waals surface area contributed by atoms with Gasteiger partial charge in [-0.1, -0.05) is 60.7 Å². The van der Waals surface area contributed by atoms with Crippen molar-refractivity contribution in [3.63, 3.8) is 0 Å². The van der Waals surface area contributed by atoms with Gasteiger partial charge in [0.15, 0.2) is 5.54 Å². The summed E-state index contributed by atoms with van der Waals surface area (Å²) in [6.07, 6.45) is 9.06. The van der Waals surface area contributed by atoms with E-state index in [1.807, 2.05) is 74.5 Å². The molecule has 0 saturated carbocycles. The molecule has 7 heteroatoms. The van der Waals surface area contributed by atoms with Gasteiger partial charge >= 0.3 is 5.97 Å². The maximum Gasteiger partial charge on any atom is 0.335 e. The summed E-state index contributed by atoms with van der Waals surface area (Å²) in [5, 5.41) is 0. The number of esters is 1. The smallest absolute Gasteiger partial charge is 0.335 e. The van der Waals surface area contributed by atoms with Crippen LogP contribution < -0.4 is 4.74 Å². The molecule has 1 atom stereocenters. The number of hydrogen-bond donors (Lipinski definition) is 0. The lowest BCUT2D eigenvalue weighted by molar-refractivity contribution is -0.150. The van der Waals surface area contributed by atoms with Gasteiger partial charge < -0.3 is 18.9 Å². The summed E-state index contributed by atoms with van der Waals surface area (Å²) in [5.41, 5.74) is 2.78. The molecule has 0 aliphatic heterocycles. The molecule has 1 aromatic heterocycles. The molecule has 0 fully saturated rings. The maximum absolute atomic E-state index is 13.1. The van der Waals surface area contributed by atoms with E-state index >= 15 is 0 Å². The first-order valence-corrected chi connectivity index (χ1v) is 13.0. The van der Waals surface area contributed by atoms with Gasteiger partial charge in [-0.15, -0.1) is 12.3 Å². The summed E-state index contributed by atoms with van der Waals surface area (Å²) in [4.78, 5) is 22.3. The van der Waals surface area contributed by atoms with Gasteiger partial charge in [-0.2, -0.15) is 0 Å². The van der Waals surface area contributed by atoms with Crippen molar-refractivity contribution in [2.24, 2.45) is 4.99 Å². The quantitative estimate of drug-likeness (QED) is 0.113. The highest BCUT2D eigenvalue weighted by Crippen LogP contribution is 2.27. The Labute approximate surface area is 231 Å². The second-order valence-corrected chi connectivity index (χ2v) is 9.11. The lowest BCUT2D eigenvalue weighted by Gasteiger charge is -2.22. The third kappa shape index (κ3) is 9.06. The Morgan fingerprint density at radius 1 is 1.00 bits per heavy atom. The number of carbonyl (C=O) groups excluding carboxylic acids is 1. The molecule has 2 aromatic carbocycles. The lowest BCUT2D eigenvalue weighted by atomic mass is 9.99. The van der Waals surface area contributed by atoms with Gasteiger partial charge in [-0.25, -0.2) is 4.79 Å². The molecule has 0 bridgehead atoms. The van der Waals surface area contributed by atoms with Gasteiger partial charge in [0.25, 0.3) is 0 Å². The number of benzene rings is 2. The van der Waals surface area contributed by atoms with E-state index < -0.39 is 11.5 Å². The summed E-state index contributed by atoms with van der Waals surface area (Å²) >= 11 is 0. The maximum atomic E-state index is 13.1. The number of pyridine rings is 1. The third-order valence-corrected chi connectivity index (χ3v) is 5.96. The van der Waals surface area contributed by atoms with Gasteiger partial charge in [0.05, 0.1) is 25.5 Å². The molecule has 204 valence electrons. The van der Waals surface area contributed by atoms with Crippen LogP contribution in [0.3, 0.4) is 0 Å². The molecule has 3 aromatic rings. The molecule has 0 N–H and O–H groups in total. The van der Waals surface area contributed by atoms with Crippen LogP contribution in [0.4, 0.5) is 0 Å². The van der Waals surface area contributed by atoms with Gasteiger partial charge in [-0.05, 0) is 31.9 Å². The summed E-state index contributed by atoms with van der Waals surface area (Å²) in [5.74, 6) is 2.61. The molecule has 0 amide bonds. The van der Waals surface area contributed by atoms with E-state index in [9.17, 15) is 4.79 Å². The van der Waals surface area contributed by atoms with Crippen LogP contribution in [0.5, 0.6) is 5.75 Å². The normalized spacial score (nSPS) is 12.6. The molecule has 0 unspecified atom stereocenters. The highest BCUT2D eigenvalue weighted by atomic mass is 16.5. The van der Waals surface area contributed by atoms with E-state index in [1.165, 1.54) is 0 Å². The number of nitrogens with zero attached hydrogens (tertiary/aromatic N) is 2. The molecule has 39 heavy (non-hydrogen) atoms. The number of ether oxygens (including phenoxy) is 4. The minimum atomic E-state index is -1.29. The molecule has 0 saturated heterocycles. The summed E-state index contributed by atoms with van der Waals surface area (Å²) in [7, 11) is 0. The van der Waals surface area contributed by atoms with Gasteiger partial charge in [-0.3, -0.25) is 9.98 Å². The predicted octanol–water partition coefficient (Wildman–Crippen LogP) is 5.47. The molecule has 1 heterocycles. The minimum Gasteiger partial charge on any atom is -0.489 e. The molecule has 0 spiro atoms. The van der Waals surface area contributed by atoms with Crippen LogP contribution >= 0.6 is 0 Å². The monoisotopic (exact) mass is 528 g/mol. The van der Waals surface area contributed by atoms with Crippen molar-refractivity contribution in [2.75, 3.05) is 19.8 Å². The number of aliphatic imine (C=N–C) groups is 1. The first kappa shape index (κ1) is 29.6. The van der Waals surface area contributed by atoms with E-state index in [4.69, 9.17) is 25.4 Å². The molecule has 0 aliphatic carbocycles. The minimum absolute atomic E-state index is 0.0710. The van der Waals surface area contributed by atoms with Gasteiger partial charge in [0.2, 0.25) is 0 Å². The Hall–Kier alpha value is -3.99. The summed E-state index contributed by atoms with van der Waals surface area (Å²) in [6.45, 7) is 7.67. The van der Waals surface area contributed by atoms with Gasteiger partial charge in [0, 0.05) is 36.6 Å². The Kier molecular flexibility index (Phi) is 11.7. The van der Waals surface area contributed by atoms with Crippen molar-refractivity contribution in [3.8, 4) is 18.1 Å². The fourth-order valence-corrected chi connectivity index (χ4v) is 3.74. The fraction of sp³-hybridized carbons (Fsp3) is 0.344. The standard InChI is InChI=1S/C32H36N2O5/c1-5-17-32(4,31(35)39-23-27-15-11-8-12-16-27)34-21-29-28(24-37-22-26-13-9-7-10-14-26)20-33-25(3)30(29)38-19-18-36-6-2/h1,7-16,20-21H,6,17-19,22-24H2,2-4H3/t32-/m1/s1. The van der Waals surface area contributed by atoms with Crippen LogP contribution in [0.2, 0.25) is 0 Å². The van der Waals surface area contributed by atoms with E-state index in [1.54, 1.807) is 19.3 Å². The molecule has 3 rings (SSSR count). The van der Waals surface area contributed by atoms with E-state index in [-0.39, 0.29) is 19.6 Å². The number of hydrogen-bond acceptors (Lipinski definition) is 7. The number of rotatable bonds is 15. The van der Waals surface area contributed by atoms with Crippen LogP contribution in [0, 0.1) is 19.3 Å². The Bertz CT molecular complexity index is 1250. The average molecular weight is 529 g/mol. The molecule has 0 aliphatic rings. The van der Waals surface area contributed by atoms with Crippen LogP contribution in [0.25, 0.3) is 0 Å². The second kappa shape index (κ2) is 15.4. The summed E-state index contributed by atoms with van der Waals surface area (Å²) < 4.78 is 23.1. The zero-order chi connectivity index (χ0) is 27.9. The van der Waals surface area contributed by atoms with Gasteiger partial charge in [0.1, 0.15) is 19.0 Å². The highest BCUT2D eigenvalue weighted by Gasteiger charge is 2.33. The van der Waals surface area contributed by atoms with E-state index in [2.05, 4.69) is 15.9 Å². The second-order valence-electron chi connectivity index (χ2n) is 9.11. The third-order valence-electron chi connectivity index (χ3n) is 5.96. The average Bonchev–Trinajstić information content (AvgIpc) is 2.96. The van der Waals surface area contributed by atoms with Crippen LogP contribution in [-0.4, -0.2) is 42.5 Å². The summed E-state index contributed by atoms with van der Waals surface area (Å²) in [6, 6.07) is 19.4. The molecular formula is C32H36N2O5. The highest BCUT2D eigenvalue weighted by molar-refractivity contribution is 5.90. The number of terminal acetylenes is 1. The van der Waals surface area contributed by atoms with Crippen LogP contribution in [0.15, 0.2) is 71.9 Å². The predicted molar refractivity (Wildman–Crippen MR) is 152 cm³/mol. The topological polar surface area (TPSA) is 79.2 Å². The van der Waals surface area contributed by atoms with E-state index in [0.717, 1.165) is 16.7 Å². The number of aromatic nitrogens is 1. The zero-order valence-corrected chi connectivity index (χ0v) is 22.9. The van der Waals surface area contributed by atoms with Crippen molar-refractivity contribution in [2.45, 2.75) is 52.6 Å². The largest absolute Gasteiger partial charge is 0.489 e. The van der Waals surface area contributed by atoms with Crippen LogP contribution in [-0.2, 0) is 38.8 Å². The van der Waals surface area contributed by atoms with Crippen molar-refractivity contribution >= 4 is 12.2 Å². The van der Waals surface area contributed by atoms with Crippen molar-refractivity contribution in [3.05, 3.63) is 94.8 Å². The van der Waals surface area contributed by atoms with Crippen LogP contribution in [0.1, 0.15) is 48.2 Å². The first-order valence-electron chi connectivity index (χ1n) is 13.0. The SMILES string of the molecule is C#CC[C@@](C)(N=Cc1c(COCc2ccccc2)cnc(C)c1OCCOCC)C(=O)OCc1ccccc1. The molecule has 7 nitrogen and oxygen atoms in total. The Morgan fingerprint density at radius 2 is 1.67 bits per heavy atom. The van der Waals surface area contributed by atoms with E-state index in [0.29, 0.717) is 43.4 Å². The first-order chi connectivity index (χ1) is 19.0. The number of carbonyl (C=O) groups is 1. The fourth-order valence-electron chi connectivity index (χ4n) is 3.74. The Balaban J connectivity index is 1.86. The molecular weight excluding hydrogens is 492 g/mol. The molecule has 0 radical (unpaired) electrons. The number of aryl methyl sites for hydroxylation is 1. The van der Waals surface area contributed by atoms with Crippen molar-refractivity contribution in [1.29, 1.82) is 0 Å².